The number of carbonyl (C=O) groups excluding carboxylic acids is 1. The minimum absolute atomic E-state index is 0.0303. The van der Waals surface area contributed by atoms with E-state index < -0.39 is 0 Å². The third-order valence-electron chi connectivity index (χ3n) is 3.64. The molecule has 1 N–H and O–H groups in total. The number of anilines is 1. The average Bonchev–Trinajstić information content (AvgIpc) is 3.11. The maximum absolute atomic E-state index is 12.1. The number of nitrogens with one attached hydrogen (secondary N) is 1. The molecule has 0 aliphatic carbocycles. The molecule has 0 spiro atoms. The standard InChI is InChI=1S/C19H19N3O2S2/c1-13-7-9-14(10-8-13)18-21-22-19(24-18)26-12-11-17(23)20-15-5-3-4-6-16(15)25-2/h3-10H,11-12H2,1-2H3,(H,20,23). The van der Waals surface area contributed by atoms with Crippen LogP contribution in [0.2, 0.25) is 0 Å². The van der Waals surface area contributed by atoms with Crippen LogP contribution in [0.1, 0.15) is 12.0 Å². The molecule has 1 amide bonds. The highest BCUT2D eigenvalue weighted by molar-refractivity contribution is 7.99. The highest BCUT2D eigenvalue weighted by Gasteiger charge is 2.11. The first-order chi connectivity index (χ1) is 12.7. The molecule has 0 radical (unpaired) electrons. The van der Waals surface area contributed by atoms with Crippen LogP contribution in [0.15, 0.2) is 63.1 Å². The fourth-order valence-corrected chi connectivity index (χ4v) is 3.52. The topological polar surface area (TPSA) is 68.0 Å². The molecule has 26 heavy (non-hydrogen) atoms. The molecule has 0 aliphatic rings. The van der Waals surface area contributed by atoms with Crippen LogP contribution in [0.25, 0.3) is 11.5 Å². The van der Waals surface area contributed by atoms with E-state index in [9.17, 15) is 4.79 Å². The first-order valence-corrected chi connectivity index (χ1v) is 10.3. The second-order valence-electron chi connectivity index (χ2n) is 5.59. The number of aryl methyl sites for hydroxylation is 1. The maximum atomic E-state index is 12.1. The quantitative estimate of drug-likeness (QED) is 0.584. The lowest BCUT2D eigenvalue weighted by Gasteiger charge is -2.08. The van der Waals surface area contributed by atoms with Crippen molar-refractivity contribution in [1.29, 1.82) is 0 Å². The largest absolute Gasteiger partial charge is 0.411 e. The van der Waals surface area contributed by atoms with Crippen molar-refractivity contribution in [3.05, 3.63) is 54.1 Å². The normalized spacial score (nSPS) is 10.7. The molecule has 0 atom stereocenters. The van der Waals surface area contributed by atoms with E-state index in [1.165, 1.54) is 17.3 Å². The lowest BCUT2D eigenvalue weighted by Crippen LogP contribution is -2.12. The summed E-state index contributed by atoms with van der Waals surface area (Å²) in [7, 11) is 0. The van der Waals surface area contributed by atoms with Gasteiger partial charge < -0.3 is 9.73 Å². The Labute approximate surface area is 161 Å². The Kier molecular flexibility index (Phi) is 6.35. The summed E-state index contributed by atoms with van der Waals surface area (Å²) in [5.74, 6) is 1.03. The summed E-state index contributed by atoms with van der Waals surface area (Å²) in [6, 6.07) is 15.7. The van der Waals surface area contributed by atoms with Gasteiger partial charge in [0.15, 0.2) is 0 Å². The Morgan fingerprint density at radius 2 is 1.88 bits per heavy atom. The van der Waals surface area contributed by atoms with Crippen LogP contribution in [0, 0.1) is 6.92 Å². The highest BCUT2D eigenvalue weighted by Crippen LogP contribution is 2.26. The van der Waals surface area contributed by atoms with Gasteiger partial charge in [0.2, 0.25) is 11.8 Å². The number of benzene rings is 2. The summed E-state index contributed by atoms with van der Waals surface area (Å²) >= 11 is 2.99. The van der Waals surface area contributed by atoms with Gasteiger partial charge in [-0.3, -0.25) is 4.79 Å². The van der Waals surface area contributed by atoms with Crippen molar-refractivity contribution in [1.82, 2.24) is 10.2 Å². The first kappa shape index (κ1) is 18.5. The smallest absolute Gasteiger partial charge is 0.276 e. The van der Waals surface area contributed by atoms with Gasteiger partial charge in [0.1, 0.15) is 0 Å². The van der Waals surface area contributed by atoms with Gasteiger partial charge in [-0.1, -0.05) is 41.6 Å². The number of hydrogen-bond acceptors (Lipinski definition) is 6. The number of rotatable bonds is 7. The molecule has 0 saturated carbocycles. The van der Waals surface area contributed by atoms with E-state index in [1.54, 1.807) is 11.8 Å². The van der Waals surface area contributed by atoms with E-state index in [2.05, 4.69) is 15.5 Å². The van der Waals surface area contributed by atoms with E-state index in [4.69, 9.17) is 4.42 Å². The Morgan fingerprint density at radius 1 is 1.12 bits per heavy atom. The Hall–Kier alpha value is -2.25. The van der Waals surface area contributed by atoms with E-state index in [0.717, 1.165) is 16.1 Å². The number of carbonyl (C=O) groups is 1. The molecule has 2 aromatic carbocycles. The first-order valence-electron chi connectivity index (χ1n) is 8.12. The van der Waals surface area contributed by atoms with Crippen molar-refractivity contribution in [3.8, 4) is 11.5 Å². The Balaban J connectivity index is 1.50. The highest BCUT2D eigenvalue weighted by atomic mass is 32.2. The predicted octanol–water partition coefficient (Wildman–Crippen LogP) is 4.89. The summed E-state index contributed by atoms with van der Waals surface area (Å²) in [5, 5.41) is 11.5. The van der Waals surface area contributed by atoms with Crippen molar-refractivity contribution in [2.75, 3.05) is 17.3 Å². The summed E-state index contributed by atoms with van der Waals surface area (Å²) in [6.45, 7) is 2.03. The van der Waals surface area contributed by atoms with Gasteiger partial charge >= 0.3 is 0 Å². The van der Waals surface area contributed by atoms with E-state index >= 15 is 0 Å². The zero-order valence-corrected chi connectivity index (χ0v) is 16.2. The number of aromatic nitrogens is 2. The molecule has 0 unspecified atom stereocenters. The van der Waals surface area contributed by atoms with E-state index in [1.807, 2.05) is 61.7 Å². The zero-order chi connectivity index (χ0) is 18.4. The molecule has 7 heteroatoms. The maximum Gasteiger partial charge on any atom is 0.276 e. The van der Waals surface area contributed by atoms with E-state index in [0.29, 0.717) is 23.3 Å². The molecule has 3 aromatic rings. The second kappa shape index (κ2) is 8.91. The number of amides is 1. The molecule has 5 nitrogen and oxygen atoms in total. The lowest BCUT2D eigenvalue weighted by atomic mass is 10.1. The van der Waals surface area contributed by atoms with Gasteiger partial charge in [0.25, 0.3) is 5.22 Å². The average molecular weight is 386 g/mol. The molecular weight excluding hydrogens is 366 g/mol. The summed E-state index contributed by atoms with van der Waals surface area (Å²) in [4.78, 5) is 13.2. The number of thioether (sulfide) groups is 2. The molecule has 134 valence electrons. The van der Waals surface area contributed by atoms with Crippen LogP contribution < -0.4 is 5.32 Å². The van der Waals surface area contributed by atoms with Crippen molar-refractivity contribution in [3.63, 3.8) is 0 Å². The monoisotopic (exact) mass is 385 g/mol. The molecule has 0 saturated heterocycles. The molecule has 0 aliphatic heterocycles. The van der Waals surface area contributed by atoms with Crippen LogP contribution in [-0.4, -0.2) is 28.1 Å². The molecule has 3 rings (SSSR count). The van der Waals surface area contributed by atoms with Crippen LogP contribution in [0.5, 0.6) is 0 Å². The summed E-state index contributed by atoms with van der Waals surface area (Å²) in [6.07, 6.45) is 2.36. The number of nitrogens with zero attached hydrogens (tertiary/aromatic N) is 2. The lowest BCUT2D eigenvalue weighted by molar-refractivity contribution is -0.115. The van der Waals surface area contributed by atoms with Crippen molar-refractivity contribution in [2.24, 2.45) is 0 Å². The van der Waals surface area contributed by atoms with Gasteiger partial charge in [-0.2, -0.15) is 0 Å². The molecule has 1 aromatic heterocycles. The van der Waals surface area contributed by atoms with Gasteiger partial charge in [0.05, 0.1) is 5.69 Å². The predicted molar refractivity (Wildman–Crippen MR) is 107 cm³/mol. The van der Waals surface area contributed by atoms with Crippen LogP contribution >= 0.6 is 23.5 Å². The molecule has 0 bridgehead atoms. The fraction of sp³-hybridized carbons (Fsp3) is 0.211. The van der Waals surface area contributed by atoms with Gasteiger partial charge in [-0.15, -0.1) is 22.0 Å². The minimum atomic E-state index is -0.0303. The number of hydrogen-bond donors (Lipinski definition) is 1. The summed E-state index contributed by atoms with van der Waals surface area (Å²) in [5.41, 5.74) is 2.91. The Morgan fingerprint density at radius 3 is 2.65 bits per heavy atom. The second-order valence-corrected chi connectivity index (χ2v) is 7.48. The van der Waals surface area contributed by atoms with E-state index in [-0.39, 0.29) is 5.91 Å². The van der Waals surface area contributed by atoms with Gasteiger partial charge in [-0.25, -0.2) is 0 Å². The van der Waals surface area contributed by atoms with Gasteiger partial charge in [0, 0.05) is 22.6 Å². The van der Waals surface area contributed by atoms with Crippen LogP contribution in [-0.2, 0) is 4.79 Å². The summed E-state index contributed by atoms with van der Waals surface area (Å²) < 4.78 is 5.65. The minimum Gasteiger partial charge on any atom is -0.411 e. The third kappa shape index (κ3) is 4.89. The fourth-order valence-electron chi connectivity index (χ4n) is 2.27. The van der Waals surface area contributed by atoms with Crippen LogP contribution in [0.4, 0.5) is 5.69 Å². The molecule has 1 heterocycles. The molecule has 0 fully saturated rings. The van der Waals surface area contributed by atoms with Crippen molar-refractivity contribution in [2.45, 2.75) is 23.5 Å². The van der Waals surface area contributed by atoms with Crippen molar-refractivity contribution >= 4 is 35.1 Å². The molecular formula is C19H19N3O2S2. The SMILES string of the molecule is CSc1ccccc1NC(=O)CCSc1nnc(-c2ccc(C)cc2)o1. The zero-order valence-electron chi connectivity index (χ0n) is 14.6. The third-order valence-corrected chi connectivity index (χ3v) is 5.26. The Bertz CT molecular complexity index is 879. The van der Waals surface area contributed by atoms with Crippen LogP contribution in [0.3, 0.4) is 0 Å². The number of para-hydroxylation sites is 1. The van der Waals surface area contributed by atoms with Crippen molar-refractivity contribution < 1.29 is 9.21 Å². The van der Waals surface area contributed by atoms with Gasteiger partial charge in [-0.05, 0) is 37.4 Å².